The van der Waals surface area contributed by atoms with Crippen molar-refractivity contribution in [1.82, 2.24) is 0 Å². The van der Waals surface area contributed by atoms with E-state index < -0.39 is 0 Å². The van der Waals surface area contributed by atoms with Crippen LogP contribution in [0.25, 0.3) is 0 Å². The van der Waals surface area contributed by atoms with Crippen LogP contribution in [0.4, 0.5) is 0 Å². The third kappa shape index (κ3) is 10.2. The molecule has 0 saturated carbocycles. The van der Waals surface area contributed by atoms with Crippen molar-refractivity contribution in [2.45, 2.75) is 47.0 Å². The Morgan fingerprint density at radius 1 is 0.933 bits per heavy atom. The molecule has 0 unspecified atom stereocenters. The molecule has 15 heavy (non-hydrogen) atoms. The molecule has 0 bridgehead atoms. The summed E-state index contributed by atoms with van der Waals surface area (Å²) in [6, 6.07) is 8.49. The molecule has 0 amide bonds. The van der Waals surface area contributed by atoms with Gasteiger partial charge in [-0.3, -0.25) is 0 Å². The van der Waals surface area contributed by atoms with Gasteiger partial charge in [0.05, 0.1) is 0 Å². The normalized spacial score (nSPS) is 8.13. The fourth-order valence-corrected chi connectivity index (χ4v) is 1.01. The highest BCUT2D eigenvalue weighted by molar-refractivity contribution is 14.1. The van der Waals surface area contributed by atoms with Crippen molar-refractivity contribution in [3.8, 4) is 0 Å². The Morgan fingerprint density at radius 2 is 1.40 bits per heavy atom. The number of halogens is 1. The standard InChI is InChI=1S/C9H12.C4H10.CH3I/c1-3-9-7-5-4-6-8(9)2;1-3-4-2;1-2/h4-7H,3H2,1-2H3;3-4H2,1-2H3;1H3. The summed E-state index contributed by atoms with van der Waals surface area (Å²) in [6.45, 7) is 8.70. The van der Waals surface area contributed by atoms with E-state index in [0.717, 1.165) is 6.42 Å². The molecule has 0 nitrogen and oxygen atoms in total. The summed E-state index contributed by atoms with van der Waals surface area (Å²) in [5.74, 6) is 0. The maximum atomic E-state index is 2.18. The van der Waals surface area contributed by atoms with Crippen LogP contribution in [0.1, 0.15) is 44.7 Å². The molecule has 0 aliphatic heterocycles. The Morgan fingerprint density at radius 3 is 1.67 bits per heavy atom. The average Bonchev–Trinajstić information content (AvgIpc) is 2.33. The lowest BCUT2D eigenvalue weighted by molar-refractivity contribution is 0.886. The van der Waals surface area contributed by atoms with E-state index in [4.69, 9.17) is 0 Å². The first kappa shape index (κ1) is 17.3. The number of unbranched alkanes of at least 4 members (excludes halogenated alkanes) is 1. The third-order valence-electron chi connectivity index (χ3n) is 2.14. The molecule has 0 aliphatic rings. The van der Waals surface area contributed by atoms with Gasteiger partial charge in [0.2, 0.25) is 0 Å². The van der Waals surface area contributed by atoms with Crippen molar-refractivity contribution in [1.29, 1.82) is 0 Å². The van der Waals surface area contributed by atoms with Crippen molar-refractivity contribution in [2.75, 3.05) is 4.93 Å². The van der Waals surface area contributed by atoms with Gasteiger partial charge in [-0.15, -0.1) is 0 Å². The van der Waals surface area contributed by atoms with Crippen LogP contribution in [0.2, 0.25) is 0 Å². The summed E-state index contributed by atoms with van der Waals surface area (Å²) in [5, 5.41) is 0. The van der Waals surface area contributed by atoms with Gasteiger partial charge in [0.25, 0.3) is 0 Å². The number of aryl methyl sites for hydroxylation is 2. The lowest BCUT2D eigenvalue weighted by Gasteiger charge is -1.98. The van der Waals surface area contributed by atoms with Crippen LogP contribution in [0.5, 0.6) is 0 Å². The van der Waals surface area contributed by atoms with Crippen molar-refractivity contribution in [3.05, 3.63) is 35.4 Å². The minimum Gasteiger partial charge on any atom is -0.0901 e. The fraction of sp³-hybridized carbons (Fsp3) is 0.571. The van der Waals surface area contributed by atoms with Gasteiger partial charge < -0.3 is 0 Å². The highest BCUT2D eigenvalue weighted by Crippen LogP contribution is 2.06. The van der Waals surface area contributed by atoms with Crippen LogP contribution < -0.4 is 0 Å². The van der Waals surface area contributed by atoms with Gasteiger partial charge in [-0.1, -0.05) is 80.5 Å². The molecular formula is C14H25I. The maximum absolute atomic E-state index is 2.18. The highest BCUT2D eigenvalue weighted by atomic mass is 127. The Kier molecular flexibility index (Phi) is 16.1. The number of rotatable bonds is 2. The predicted octanol–water partition coefficient (Wildman–Crippen LogP) is 5.42. The van der Waals surface area contributed by atoms with E-state index in [2.05, 4.69) is 74.6 Å². The van der Waals surface area contributed by atoms with Crippen molar-refractivity contribution in [3.63, 3.8) is 0 Å². The van der Waals surface area contributed by atoms with Crippen molar-refractivity contribution < 1.29 is 0 Å². The van der Waals surface area contributed by atoms with E-state index in [1.54, 1.807) is 0 Å². The molecule has 0 fully saturated rings. The molecule has 1 aromatic rings. The molecule has 0 aliphatic carbocycles. The summed E-state index contributed by atoms with van der Waals surface area (Å²) in [6.07, 6.45) is 3.78. The van der Waals surface area contributed by atoms with Crippen LogP contribution in [0, 0.1) is 6.92 Å². The number of hydrogen-bond acceptors (Lipinski definition) is 0. The maximum Gasteiger partial charge on any atom is -0.0121 e. The van der Waals surface area contributed by atoms with Crippen LogP contribution >= 0.6 is 22.6 Å². The van der Waals surface area contributed by atoms with Gasteiger partial charge in [0.15, 0.2) is 0 Å². The Bertz CT molecular complexity index is 216. The van der Waals surface area contributed by atoms with Crippen LogP contribution in [-0.2, 0) is 6.42 Å². The van der Waals surface area contributed by atoms with Crippen molar-refractivity contribution >= 4 is 22.6 Å². The molecule has 0 heterocycles. The van der Waals surface area contributed by atoms with Gasteiger partial charge in [-0.2, -0.15) is 0 Å². The van der Waals surface area contributed by atoms with Crippen molar-refractivity contribution in [2.24, 2.45) is 0 Å². The molecule has 0 aromatic heterocycles. The minimum absolute atomic E-state index is 1.15. The lowest BCUT2D eigenvalue weighted by Crippen LogP contribution is -1.82. The second-order valence-electron chi connectivity index (χ2n) is 3.28. The fourth-order valence-electron chi connectivity index (χ4n) is 1.01. The van der Waals surface area contributed by atoms with Gasteiger partial charge in [-0.25, -0.2) is 0 Å². The number of benzene rings is 1. The molecule has 1 rings (SSSR count). The quantitative estimate of drug-likeness (QED) is 0.504. The average molecular weight is 320 g/mol. The largest absolute Gasteiger partial charge is 0.0901 e. The molecule has 88 valence electrons. The van der Waals surface area contributed by atoms with Gasteiger partial charge in [0.1, 0.15) is 0 Å². The number of hydrogen-bond donors (Lipinski definition) is 0. The third-order valence-corrected chi connectivity index (χ3v) is 2.14. The minimum atomic E-state index is 1.15. The zero-order valence-electron chi connectivity index (χ0n) is 10.8. The Balaban J connectivity index is 0. The summed E-state index contributed by atoms with van der Waals surface area (Å²) in [7, 11) is 0. The summed E-state index contributed by atoms with van der Waals surface area (Å²) in [5.41, 5.74) is 2.86. The Hall–Kier alpha value is -0.0500. The molecule has 0 saturated heterocycles. The topological polar surface area (TPSA) is 0 Å². The smallest absolute Gasteiger partial charge is 0.0121 e. The monoisotopic (exact) mass is 320 g/mol. The molecule has 1 aromatic carbocycles. The molecule has 0 spiro atoms. The second-order valence-corrected chi connectivity index (χ2v) is 3.28. The summed E-state index contributed by atoms with van der Waals surface area (Å²) < 4.78 is 0. The van der Waals surface area contributed by atoms with E-state index in [9.17, 15) is 0 Å². The molecule has 0 N–H and O–H groups in total. The van der Waals surface area contributed by atoms with Gasteiger partial charge in [-0.05, 0) is 29.4 Å². The molecule has 1 heteroatoms. The zero-order valence-corrected chi connectivity index (χ0v) is 13.0. The van der Waals surface area contributed by atoms with E-state index in [-0.39, 0.29) is 0 Å². The Labute approximate surface area is 110 Å². The van der Waals surface area contributed by atoms with Crippen LogP contribution in [0.3, 0.4) is 0 Å². The SMILES string of the molecule is CCCC.CCc1ccccc1C.CI. The van der Waals surface area contributed by atoms with Crippen LogP contribution in [0.15, 0.2) is 24.3 Å². The van der Waals surface area contributed by atoms with Gasteiger partial charge >= 0.3 is 0 Å². The van der Waals surface area contributed by atoms with Gasteiger partial charge in [0, 0.05) is 0 Å². The highest BCUT2D eigenvalue weighted by Gasteiger charge is 1.89. The second kappa shape index (κ2) is 13.9. The number of alkyl halides is 1. The first-order valence-corrected chi connectivity index (χ1v) is 7.84. The van der Waals surface area contributed by atoms with E-state index in [1.807, 2.05) is 4.93 Å². The first-order valence-electron chi connectivity index (χ1n) is 5.68. The first-order chi connectivity index (χ1) is 7.26. The predicted molar refractivity (Wildman–Crippen MR) is 81.1 cm³/mol. The molecule has 0 atom stereocenters. The van der Waals surface area contributed by atoms with Crippen LogP contribution in [-0.4, -0.2) is 4.93 Å². The zero-order chi connectivity index (χ0) is 12.1. The molecule has 0 radical (unpaired) electrons. The lowest BCUT2D eigenvalue weighted by atomic mass is 10.1. The van der Waals surface area contributed by atoms with E-state index >= 15 is 0 Å². The summed E-state index contributed by atoms with van der Waals surface area (Å²) in [4.78, 5) is 1.97. The molecular weight excluding hydrogens is 295 g/mol. The van der Waals surface area contributed by atoms with E-state index in [0.29, 0.717) is 0 Å². The van der Waals surface area contributed by atoms with E-state index in [1.165, 1.54) is 24.0 Å². The summed E-state index contributed by atoms with van der Waals surface area (Å²) >= 11 is 2.15.